The second-order valence-corrected chi connectivity index (χ2v) is 7.97. The van der Waals surface area contributed by atoms with Crippen molar-refractivity contribution in [2.45, 2.75) is 11.8 Å². The van der Waals surface area contributed by atoms with Crippen molar-refractivity contribution < 1.29 is 14.4 Å². The fourth-order valence-corrected chi connectivity index (χ4v) is 4.20. The Hall–Kier alpha value is -2.95. The molecule has 0 unspecified atom stereocenters. The number of morpholine rings is 1. The first-order valence-corrected chi connectivity index (χ1v) is 11.0. The monoisotopic (exact) mass is 441 g/mol. The standard InChI is InChI=1S/C21H23N5O4S/c27-26(28)18-6-8-19(9-7-18)30-16-20-22-23-21(25(20)17-4-2-1-3-5-17)31-15-12-24-10-13-29-14-11-24/h1-9H,10-16H2. The molecule has 0 spiro atoms. The van der Waals surface area contributed by atoms with E-state index in [-0.39, 0.29) is 12.3 Å². The summed E-state index contributed by atoms with van der Waals surface area (Å²) in [6, 6.07) is 15.9. The number of benzene rings is 2. The van der Waals surface area contributed by atoms with E-state index in [1.165, 1.54) is 12.1 Å². The highest BCUT2D eigenvalue weighted by Gasteiger charge is 2.16. The topological polar surface area (TPSA) is 95.6 Å². The number of thioether (sulfide) groups is 1. The van der Waals surface area contributed by atoms with Crippen LogP contribution in [0.5, 0.6) is 5.75 Å². The van der Waals surface area contributed by atoms with Gasteiger partial charge in [0.2, 0.25) is 0 Å². The molecule has 0 bridgehead atoms. The Bertz CT molecular complexity index is 991. The van der Waals surface area contributed by atoms with Gasteiger partial charge in [-0.2, -0.15) is 0 Å². The molecule has 1 aromatic heterocycles. The lowest BCUT2D eigenvalue weighted by Gasteiger charge is -2.26. The van der Waals surface area contributed by atoms with Gasteiger partial charge in [0, 0.05) is 43.2 Å². The molecule has 9 nitrogen and oxygen atoms in total. The maximum atomic E-state index is 10.8. The van der Waals surface area contributed by atoms with Crippen LogP contribution >= 0.6 is 11.8 Å². The van der Waals surface area contributed by atoms with E-state index in [9.17, 15) is 10.1 Å². The zero-order valence-corrected chi connectivity index (χ0v) is 17.7. The van der Waals surface area contributed by atoms with Gasteiger partial charge in [0.25, 0.3) is 5.69 Å². The Morgan fingerprint density at radius 2 is 1.81 bits per heavy atom. The molecule has 31 heavy (non-hydrogen) atoms. The van der Waals surface area contributed by atoms with E-state index in [2.05, 4.69) is 15.1 Å². The van der Waals surface area contributed by atoms with Crippen LogP contribution in [-0.4, -0.2) is 63.2 Å². The molecular formula is C21H23N5O4S. The number of hydrogen-bond acceptors (Lipinski definition) is 8. The number of nitro groups is 1. The van der Waals surface area contributed by atoms with E-state index >= 15 is 0 Å². The van der Waals surface area contributed by atoms with Crippen LogP contribution in [0.1, 0.15) is 5.82 Å². The largest absolute Gasteiger partial charge is 0.486 e. The van der Waals surface area contributed by atoms with Crippen molar-refractivity contribution in [1.29, 1.82) is 0 Å². The van der Waals surface area contributed by atoms with Crippen molar-refractivity contribution in [3.8, 4) is 11.4 Å². The molecule has 1 saturated heterocycles. The van der Waals surface area contributed by atoms with Crippen molar-refractivity contribution >= 4 is 17.4 Å². The van der Waals surface area contributed by atoms with Gasteiger partial charge < -0.3 is 9.47 Å². The van der Waals surface area contributed by atoms with Crippen molar-refractivity contribution in [2.24, 2.45) is 0 Å². The molecule has 0 amide bonds. The molecule has 4 rings (SSSR count). The zero-order valence-electron chi connectivity index (χ0n) is 16.9. The van der Waals surface area contributed by atoms with Crippen LogP contribution in [0, 0.1) is 10.1 Å². The van der Waals surface area contributed by atoms with Gasteiger partial charge in [-0.05, 0) is 24.3 Å². The van der Waals surface area contributed by atoms with Crippen LogP contribution in [0.2, 0.25) is 0 Å². The van der Waals surface area contributed by atoms with Gasteiger partial charge in [-0.25, -0.2) is 0 Å². The number of rotatable bonds is 9. The number of nitro benzene ring substituents is 1. The first-order chi connectivity index (χ1) is 15.2. The summed E-state index contributed by atoms with van der Waals surface area (Å²) in [4.78, 5) is 12.8. The minimum absolute atomic E-state index is 0.0266. The molecule has 0 aliphatic carbocycles. The summed E-state index contributed by atoms with van der Waals surface area (Å²) in [6.45, 7) is 4.65. The van der Waals surface area contributed by atoms with Crippen LogP contribution in [0.3, 0.4) is 0 Å². The second kappa shape index (κ2) is 10.4. The number of hydrogen-bond donors (Lipinski definition) is 0. The summed E-state index contributed by atoms with van der Waals surface area (Å²) in [5.41, 5.74) is 0.988. The molecule has 1 fully saturated rings. The number of aromatic nitrogens is 3. The molecule has 2 aromatic carbocycles. The maximum absolute atomic E-state index is 10.8. The lowest BCUT2D eigenvalue weighted by Crippen LogP contribution is -2.37. The fourth-order valence-electron chi connectivity index (χ4n) is 3.23. The Balaban J connectivity index is 1.45. The predicted octanol–water partition coefficient (Wildman–Crippen LogP) is 3.18. The van der Waals surface area contributed by atoms with Crippen molar-refractivity contribution in [2.75, 3.05) is 38.6 Å². The third kappa shape index (κ3) is 5.60. The minimum atomic E-state index is -0.434. The fraction of sp³-hybridized carbons (Fsp3) is 0.333. The van der Waals surface area contributed by atoms with Gasteiger partial charge in [-0.15, -0.1) is 10.2 Å². The highest BCUT2D eigenvalue weighted by Crippen LogP contribution is 2.24. The third-order valence-corrected chi connectivity index (χ3v) is 5.78. The van der Waals surface area contributed by atoms with E-state index in [4.69, 9.17) is 9.47 Å². The quantitative estimate of drug-likeness (QED) is 0.284. The average molecular weight is 442 g/mol. The van der Waals surface area contributed by atoms with Crippen LogP contribution in [0.15, 0.2) is 59.8 Å². The van der Waals surface area contributed by atoms with Gasteiger partial charge in [0.1, 0.15) is 12.4 Å². The van der Waals surface area contributed by atoms with Crippen molar-refractivity contribution in [1.82, 2.24) is 19.7 Å². The van der Waals surface area contributed by atoms with E-state index in [0.29, 0.717) is 11.6 Å². The Morgan fingerprint density at radius 1 is 1.06 bits per heavy atom. The number of ether oxygens (including phenoxy) is 2. The summed E-state index contributed by atoms with van der Waals surface area (Å²) >= 11 is 1.66. The number of nitrogens with zero attached hydrogens (tertiary/aromatic N) is 5. The molecule has 2 heterocycles. The predicted molar refractivity (Wildman–Crippen MR) is 117 cm³/mol. The Labute approximate surface area is 184 Å². The molecule has 0 saturated carbocycles. The lowest BCUT2D eigenvalue weighted by molar-refractivity contribution is -0.384. The second-order valence-electron chi connectivity index (χ2n) is 6.91. The molecule has 1 aliphatic heterocycles. The Kier molecular flexibility index (Phi) is 7.13. The Morgan fingerprint density at radius 3 is 2.52 bits per heavy atom. The highest BCUT2D eigenvalue weighted by molar-refractivity contribution is 7.99. The molecule has 1 aliphatic rings. The van der Waals surface area contributed by atoms with Crippen molar-refractivity contribution in [3.63, 3.8) is 0 Å². The molecule has 0 radical (unpaired) electrons. The smallest absolute Gasteiger partial charge is 0.269 e. The molecule has 162 valence electrons. The molecule has 3 aromatic rings. The number of non-ortho nitro benzene ring substituents is 1. The first-order valence-electron chi connectivity index (χ1n) is 10.0. The SMILES string of the molecule is O=[N+]([O-])c1ccc(OCc2nnc(SCCN3CCOCC3)n2-c2ccccc2)cc1. The van der Waals surface area contributed by atoms with Crippen LogP contribution in [-0.2, 0) is 11.3 Å². The zero-order chi connectivity index (χ0) is 21.5. The van der Waals surface area contributed by atoms with E-state index in [1.54, 1.807) is 23.9 Å². The molecule has 0 atom stereocenters. The average Bonchev–Trinajstić information content (AvgIpc) is 3.22. The minimum Gasteiger partial charge on any atom is -0.486 e. The van der Waals surface area contributed by atoms with E-state index < -0.39 is 4.92 Å². The summed E-state index contributed by atoms with van der Waals surface area (Å²) in [5, 5.41) is 20.4. The third-order valence-electron chi connectivity index (χ3n) is 4.87. The van der Waals surface area contributed by atoms with Gasteiger partial charge in [-0.3, -0.25) is 19.6 Å². The van der Waals surface area contributed by atoms with Gasteiger partial charge in [-0.1, -0.05) is 30.0 Å². The van der Waals surface area contributed by atoms with E-state index in [0.717, 1.165) is 49.4 Å². The van der Waals surface area contributed by atoms with Crippen LogP contribution in [0.4, 0.5) is 5.69 Å². The summed E-state index contributed by atoms with van der Waals surface area (Å²) in [5.74, 6) is 2.10. The highest BCUT2D eigenvalue weighted by atomic mass is 32.2. The summed E-state index contributed by atoms with van der Waals surface area (Å²) < 4.78 is 13.2. The van der Waals surface area contributed by atoms with E-state index in [1.807, 2.05) is 34.9 Å². The van der Waals surface area contributed by atoms with Gasteiger partial charge >= 0.3 is 0 Å². The lowest BCUT2D eigenvalue weighted by atomic mass is 10.3. The maximum Gasteiger partial charge on any atom is 0.269 e. The van der Waals surface area contributed by atoms with Crippen molar-refractivity contribution in [3.05, 3.63) is 70.5 Å². The molecule has 0 N–H and O–H groups in total. The van der Waals surface area contributed by atoms with Crippen LogP contribution in [0.25, 0.3) is 5.69 Å². The van der Waals surface area contributed by atoms with Gasteiger partial charge in [0.05, 0.1) is 18.1 Å². The summed E-state index contributed by atoms with van der Waals surface area (Å²) in [6.07, 6.45) is 0. The summed E-state index contributed by atoms with van der Waals surface area (Å²) in [7, 11) is 0. The van der Waals surface area contributed by atoms with Gasteiger partial charge in [0.15, 0.2) is 11.0 Å². The first kappa shape index (κ1) is 21.3. The molecular weight excluding hydrogens is 418 g/mol. The normalized spacial score (nSPS) is 14.5. The van der Waals surface area contributed by atoms with Crippen LogP contribution < -0.4 is 4.74 Å². The number of para-hydroxylation sites is 1. The molecule has 10 heteroatoms.